The number of nitrogens with one attached hydrogen (secondary N) is 1. The van der Waals surface area contributed by atoms with Crippen LogP contribution in [0.2, 0.25) is 0 Å². The van der Waals surface area contributed by atoms with Crippen molar-refractivity contribution in [3.05, 3.63) is 0 Å². The molecule has 0 heterocycles. The SMILES string of the molecule is CC(CC(F)(F)F)NC1CC(N)C1. The molecule has 0 bridgehead atoms. The number of hydrogen-bond acceptors (Lipinski definition) is 2. The Morgan fingerprint density at radius 2 is 2.00 bits per heavy atom. The average Bonchev–Trinajstić information content (AvgIpc) is 1.79. The molecule has 0 radical (unpaired) electrons. The molecule has 0 aromatic carbocycles. The van der Waals surface area contributed by atoms with Crippen LogP contribution in [0.25, 0.3) is 0 Å². The van der Waals surface area contributed by atoms with Gasteiger partial charge in [0.05, 0.1) is 6.42 Å². The van der Waals surface area contributed by atoms with Gasteiger partial charge in [0.15, 0.2) is 0 Å². The van der Waals surface area contributed by atoms with Gasteiger partial charge in [-0.15, -0.1) is 0 Å². The molecule has 0 amide bonds. The van der Waals surface area contributed by atoms with E-state index in [0.29, 0.717) is 0 Å². The summed E-state index contributed by atoms with van der Waals surface area (Å²) in [5.41, 5.74) is 5.51. The monoisotopic (exact) mass is 196 g/mol. The Labute approximate surface area is 75.7 Å². The summed E-state index contributed by atoms with van der Waals surface area (Å²) in [7, 11) is 0. The molecular formula is C8H15F3N2. The van der Waals surface area contributed by atoms with E-state index in [1.165, 1.54) is 0 Å². The first kappa shape index (κ1) is 10.8. The molecule has 1 unspecified atom stereocenters. The Bertz CT molecular complexity index is 163. The molecule has 13 heavy (non-hydrogen) atoms. The molecular weight excluding hydrogens is 181 g/mol. The second kappa shape index (κ2) is 3.84. The minimum absolute atomic E-state index is 0.176. The largest absolute Gasteiger partial charge is 0.390 e. The first-order valence-corrected chi connectivity index (χ1v) is 4.45. The third kappa shape index (κ3) is 3.95. The topological polar surface area (TPSA) is 38.0 Å². The summed E-state index contributed by atoms with van der Waals surface area (Å²) in [5.74, 6) is 0. The molecule has 1 rings (SSSR count). The van der Waals surface area contributed by atoms with Gasteiger partial charge in [0, 0.05) is 18.1 Å². The minimum atomic E-state index is -4.07. The molecule has 1 fully saturated rings. The number of rotatable bonds is 3. The number of nitrogens with two attached hydrogens (primary N) is 1. The molecule has 0 aliphatic heterocycles. The molecule has 1 aliphatic carbocycles. The summed E-state index contributed by atoms with van der Waals surface area (Å²) in [6.45, 7) is 1.55. The van der Waals surface area contributed by atoms with Crippen LogP contribution < -0.4 is 11.1 Å². The average molecular weight is 196 g/mol. The summed E-state index contributed by atoms with van der Waals surface area (Å²) in [5, 5.41) is 2.90. The highest BCUT2D eigenvalue weighted by molar-refractivity contribution is 4.89. The Morgan fingerprint density at radius 3 is 2.38 bits per heavy atom. The first-order chi connectivity index (χ1) is 5.87. The van der Waals surface area contributed by atoms with E-state index >= 15 is 0 Å². The maximum atomic E-state index is 11.9. The van der Waals surface area contributed by atoms with E-state index in [-0.39, 0.29) is 12.1 Å². The molecule has 2 nitrogen and oxygen atoms in total. The zero-order valence-corrected chi connectivity index (χ0v) is 7.56. The molecule has 0 saturated heterocycles. The van der Waals surface area contributed by atoms with Crippen molar-refractivity contribution in [1.82, 2.24) is 5.32 Å². The smallest absolute Gasteiger partial charge is 0.328 e. The van der Waals surface area contributed by atoms with Crippen molar-refractivity contribution in [3.8, 4) is 0 Å². The Balaban J connectivity index is 2.15. The van der Waals surface area contributed by atoms with Gasteiger partial charge in [-0.2, -0.15) is 13.2 Å². The lowest BCUT2D eigenvalue weighted by Crippen LogP contribution is -2.51. The zero-order chi connectivity index (χ0) is 10.1. The van der Waals surface area contributed by atoms with Crippen molar-refractivity contribution in [2.75, 3.05) is 0 Å². The van der Waals surface area contributed by atoms with E-state index < -0.39 is 18.6 Å². The van der Waals surface area contributed by atoms with Gasteiger partial charge in [0.1, 0.15) is 0 Å². The highest BCUT2D eigenvalue weighted by atomic mass is 19.4. The molecule has 0 aromatic heterocycles. The molecule has 1 atom stereocenters. The van der Waals surface area contributed by atoms with E-state index in [1.807, 2.05) is 0 Å². The molecule has 78 valence electrons. The van der Waals surface area contributed by atoms with Crippen LogP contribution in [0.4, 0.5) is 13.2 Å². The fraction of sp³-hybridized carbons (Fsp3) is 1.00. The first-order valence-electron chi connectivity index (χ1n) is 4.45. The van der Waals surface area contributed by atoms with Crippen molar-refractivity contribution in [2.45, 2.75) is 50.5 Å². The Hall–Kier alpha value is -0.290. The molecule has 3 N–H and O–H groups in total. The molecule has 0 spiro atoms. The zero-order valence-electron chi connectivity index (χ0n) is 7.56. The van der Waals surface area contributed by atoms with Gasteiger partial charge in [-0.25, -0.2) is 0 Å². The van der Waals surface area contributed by atoms with E-state index in [0.717, 1.165) is 12.8 Å². The van der Waals surface area contributed by atoms with Crippen LogP contribution in [-0.2, 0) is 0 Å². The molecule has 1 saturated carbocycles. The van der Waals surface area contributed by atoms with Gasteiger partial charge in [-0.1, -0.05) is 0 Å². The fourth-order valence-corrected chi connectivity index (χ4v) is 1.61. The van der Waals surface area contributed by atoms with Crippen molar-refractivity contribution < 1.29 is 13.2 Å². The van der Waals surface area contributed by atoms with Crippen LogP contribution in [0.3, 0.4) is 0 Å². The van der Waals surface area contributed by atoms with Crippen molar-refractivity contribution >= 4 is 0 Å². The van der Waals surface area contributed by atoms with Crippen molar-refractivity contribution in [2.24, 2.45) is 5.73 Å². The maximum absolute atomic E-state index is 11.9. The van der Waals surface area contributed by atoms with Crippen molar-refractivity contribution in [3.63, 3.8) is 0 Å². The number of alkyl halides is 3. The Morgan fingerprint density at radius 1 is 1.46 bits per heavy atom. The van der Waals surface area contributed by atoms with E-state index in [9.17, 15) is 13.2 Å². The second-order valence-electron chi connectivity index (χ2n) is 3.82. The fourth-order valence-electron chi connectivity index (χ4n) is 1.61. The third-order valence-electron chi connectivity index (χ3n) is 2.23. The minimum Gasteiger partial charge on any atom is -0.328 e. The summed E-state index contributed by atoms with van der Waals surface area (Å²) in [4.78, 5) is 0. The van der Waals surface area contributed by atoms with Gasteiger partial charge in [0.2, 0.25) is 0 Å². The molecule has 1 aliphatic rings. The predicted octanol–water partition coefficient (Wildman–Crippen LogP) is 1.41. The van der Waals surface area contributed by atoms with Crippen LogP contribution in [0.5, 0.6) is 0 Å². The van der Waals surface area contributed by atoms with Crippen LogP contribution >= 0.6 is 0 Å². The highest BCUT2D eigenvalue weighted by Crippen LogP contribution is 2.24. The van der Waals surface area contributed by atoms with Crippen LogP contribution in [0, 0.1) is 0 Å². The highest BCUT2D eigenvalue weighted by Gasteiger charge is 2.33. The standard InChI is InChI=1S/C8H15F3N2/c1-5(4-8(9,10)11)13-7-2-6(12)3-7/h5-7,13H,2-4,12H2,1H3. The van der Waals surface area contributed by atoms with Crippen molar-refractivity contribution in [1.29, 1.82) is 0 Å². The summed E-state index contributed by atoms with van der Waals surface area (Å²) in [6, 6.07) is -0.138. The van der Waals surface area contributed by atoms with Crippen LogP contribution in [-0.4, -0.2) is 24.3 Å². The van der Waals surface area contributed by atoms with Gasteiger partial charge in [-0.3, -0.25) is 0 Å². The lowest BCUT2D eigenvalue weighted by Gasteiger charge is -2.35. The second-order valence-corrected chi connectivity index (χ2v) is 3.82. The third-order valence-corrected chi connectivity index (χ3v) is 2.23. The molecule has 0 aromatic rings. The van der Waals surface area contributed by atoms with Crippen LogP contribution in [0.1, 0.15) is 26.2 Å². The van der Waals surface area contributed by atoms with Gasteiger partial charge in [-0.05, 0) is 19.8 Å². The summed E-state index contributed by atoms with van der Waals surface area (Å²) < 4.78 is 35.7. The van der Waals surface area contributed by atoms with E-state index in [2.05, 4.69) is 5.32 Å². The van der Waals surface area contributed by atoms with E-state index in [1.54, 1.807) is 6.92 Å². The lowest BCUT2D eigenvalue weighted by molar-refractivity contribution is -0.139. The quantitative estimate of drug-likeness (QED) is 0.716. The number of hydrogen-bond donors (Lipinski definition) is 2. The summed E-state index contributed by atoms with van der Waals surface area (Å²) in [6.07, 6.45) is -3.25. The Kier molecular flexibility index (Phi) is 3.18. The normalized spacial score (nSPS) is 31.2. The van der Waals surface area contributed by atoms with Crippen LogP contribution in [0.15, 0.2) is 0 Å². The molecule has 5 heteroatoms. The predicted molar refractivity (Wildman–Crippen MR) is 44.3 cm³/mol. The lowest BCUT2D eigenvalue weighted by atomic mass is 9.87. The van der Waals surface area contributed by atoms with Gasteiger partial charge >= 0.3 is 6.18 Å². The summed E-state index contributed by atoms with van der Waals surface area (Å²) >= 11 is 0. The van der Waals surface area contributed by atoms with Gasteiger partial charge < -0.3 is 11.1 Å². The number of halogens is 3. The maximum Gasteiger partial charge on any atom is 0.390 e. The van der Waals surface area contributed by atoms with Gasteiger partial charge in [0.25, 0.3) is 0 Å². The van der Waals surface area contributed by atoms with E-state index in [4.69, 9.17) is 5.73 Å².